The van der Waals surface area contributed by atoms with Gasteiger partial charge in [0, 0.05) is 31.0 Å². The Kier molecular flexibility index (Phi) is 3.10. The highest BCUT2D eigenvalue weighted by Gasteiger charge is 2.48. The highest BCUT2D eigenvalue weighted by atomic mass is 16.2. The molecule has 106 valence electrons. The number of benzene rings is 1. The third-order valence-electron chi connectivity index (χ3n) is 4.02. The van der Waals surface area contributed by atoms with E-state index in [1.807, 2.05) is 24.3 Å². The molecule has 4 N–H and O–H groups in total. The molecule has 1 saturated carbocycles. The Morgan fingerprint density at radius 3 is 2.55 bits per heavy atom. The van der Waals surface area contributed by atoms with E-state index in [2.05, 4.69) is 10.6 Å². The van der Waals surface area contributed by atoms with Gasteiger partial charge in [-0.1, -0.05) is 0 Å². The summed E-state index contributed by atoms with van der Waals surface area (Å²) in [4.78, 5) is 25.3. The number of amides is 3. The molecule has 0 spiro atoms. The molecule has 3 amide bonds. The largest absolute Gasteiger partial charge is 0.336 e. The molecule has 1 heterocycles. The van der Waals surface area contributed by atoms with Gasteiger partial charge in [0.1, 0.15) is 0 Å². The second-order valence-electron chi connectivity index (χ2n) is 5.37. The highest BCUT2D eigenvalue weighted by Crippen LogP contribution is 2.45. The van der Waals surface area contributed by atoms with E-state index >= 15 is 0 Å². The van der Waals surface area contributed by atoms with Gasteiger partial charge >= 0.3 is 6.03 Å². The Balaban J connectivity index is 1.67. The molecule has 1 aromatic rings. The van der Waals surface area contributed by atoms with Gasteiger partial charge in [-0.25, -0.2) is 4.79 Å². The van der Waals surface area contributed by atoms with Gasteiger partial charge in [0.05, 0.1) is 5.41 Å². The summed E-state index contributed by atoms with van der Waals surface area (Å²) >= 11 is 0. The molecule has 6 nitrogen and oxygen atoms in total. The zero-order valence-electron chi connectivity index (χ0n) is 11.2. The van der Waals surface area contributed by atoms with Crippen LogP contribution in [0.1, 0.15) is 12.8 Å². The number of nitrogens with one attached hydrogen (secondary N) is 2. The van der Waals surface area contributed by atoms with Gasteiger partial charge in [-0.05, 0) is 37.1 Å². The molecule has 2 fully saturated rings. The first-order valence-corrected chi connectivity index (χ1v) is 6.82. The zero-order chi connectivity index (χ0) is 14.2. The van der Waals surface area contributed by atoms with E-state index in [1.54, 1.807) is 4.90 Å². The predicted molar refractivity (Wildman–Crippen MR) is 76.5 cm³/mol. The van der Waals surface area contributed by atoms with Crippen molar-refractivity contribution in [2.45, 2.75) is 12.8 Å². The lowest BCUT2D eigenvalue weighted by Gasteiger charge is -2.16. The number of hydrogen-bond acceptors (Lipinski definition) is 3. The van der Waals surface area contributed by atoms with Crippen LogP contribution in [0.3, 0.4) is 0 Å². The summed E-state index contributed by atoms with van der Waals surface area (Å²) in [7, 11) is 0. The van der Waals surface area contributed by atoms with Crippen LogP contribution in [-0.4, -0.2) is 31.6 Å². The molecule has 1 aliphatic carbocycles. The van der Waals surface area contributed by atoms with Crippen molar-refractivity contribution < 1.29 is 9.59 Å². The number of carbonyl (C=O) groups is 2. The molecule has 0 bridgehead atoms. The maximum absolute atomic E-state index is 12.1. The summed E-state index contributed by atoms with van der Waals surface area (Å²) in [6, 6.07) is 7.21. The zero-order valence-corrected chi connectivity index (χ0v) is 11.2. The van der Waals surface area contributed by atoms with E-state index in [1.165, 1.54) is 0 Å². The molecule has 0 atom stereocenters. The Bertz CT molecular complexity index is 537. The average molecular weight is 274 g/mol. The Hall–Kier alpha value is -2.08. The monoisotopic (exact) mass is 274 g/mol. The summed E-state index contributed by atoms with van der Waals surface area (Å²) in [5, 5.41) is 5.64. The normalized spacial score (nSPS) is 19.6. The SMILES string of the molecule is NCC1(C(=O)Nc2ccc(N3CCNC3=O)cc2)CC1. The smallest absolute Gasteiger partial charge is 0.321 e. The van der Waals surface area contributed by atoms with E-state index in [0.29, 0.717) is 19.6 Å². The molecule has 0 aromatic heterocycles. The minimum absolute atomic E-state index is 0.00772. The van der Waals surface area contributed by atoms with Gasteiger partial charge in [-0.3, -0.25) is 9.69 Å². The number of anilines is 2. The van der Waals surface area contributed by atoms with Crippen molar-refractivity contribution in [1.29, 1.82) is 0 Å². The van der Waals surface area contributed by atoms with Crippen LogP contribution >= 0.6 is 0 Å². The number of carbonyl (C=O) groups excluding carboxylic acids is 2. The number of urea groups is 1. The van der Waals surface area contributed by atoms with Crippen molar-refractivity contribution in [2.24, 2.45) is 11.1 Å². The van der Waals surface area contributed by atoms with Crippen molar-refractivity contribution in [3.05, 3.63) is 24.3 Å². The first kappa shape index (κ1) is 12.9. The van der Waals surface area contributed by atoms with E-state index in [9.17, 15) is 9.59 Å². The lowest BCUT2D eigenvalue weighted by atomic mass is 10.1. The number of nitrogens with zero attached hydrogens (tertiary/aromatic N) is 1. The van der Waals surface area contributed by atoms with E-state index < -0.39 is 0 Å². The standard InChI is InChI=1S/C14H18N4O2/c15-9-14(5-6-14)12(19)17-10-1-3-11(4-2-10)18-8-7-16-13(18)20/h1-4H,5-9,15H2,(H,16,20)(H,17,19). The van der Waals surface area contributed by atoms with Gasteiger partial charge in [0.15, 0.2) is 0 Å². The van der Waals surface area contributed by atoms with Gasteiger partial charge < -0.3 is 16.4 Å². The number of nitrogens with two attached hydrogens (primary N) is 1. The summed E-state index contributed by atoms with van der Waals surface area (Å²) in [5.41, 5.74) is 6.85. The summed E-state index contributed by atoms with van der Waals surface area (Å²) < 4.78 is 0. The molecule has 1 aromatic carbocycles. The van der Waals surface area contributed by atoms with Crippen molar-refractivity contribution >= 4 is 23.3 Å². The van der Waals surface area contributed by atoms with Crippen molar-refractivity contribution in [2.75, 3.05) is 29.9 Å². The van der Waals surface area contributed by atoms with Crippen LogP contribution in [0, 0.1) is 5.41 Å². The first-order valence-electron chi connectivity index (χ1n) is 6.82. The maximum Gasteiger partial charge on any atom is 0.321 e. The van der Waals surface area contributed by atoms with Crippen molar-refractivity contribution in [1.82, 2.24) is 5.32 Å². The quantitative estimate of drug-likeness (QED) is 0.762. The highest BCUT2D eigenvalue weighted by molar-refractivity contribution is 5.98. The van der Waals surface area contributed by atoms with Crippen LogP contribution < -0.4 is 21.3 Å². The summed E-state index contributed by atoms with van der Waals surface area (Å²) in [6.45, 7) is 1.72. The number of hydrogen-bond donors (Lipinski definition) is 3. The molecule has 0 unspecified atom stereocenters. The number of rotatable bonds is 4. The van der Waals surface area contributed by atoms with Crippen molar-refractivity contribution in [3.63, 3.8) is 0 Å². The van der Waals surface area contributed by atoms with Crippen LogP contribution in [0.5, 0.6) is 0 Å². The Morgan fingerprint density at radius 1 is 1.35 bits per heavy atom. The maximum atomic E-state index is 12.1. The van der Waals surface area contributed by atoms with Crippen LogP contribution in [-0.2, 0) is 4.79 Å². The van der Waals surface area contributed by atoms with Gasteiger partial charge in [-0.2, -0.15) is 0 Å². The van der Waals surface area contributed by atoms with Crippen molar-refractivity contribution in [3.8, 4) is 0 Å². The van der Waals surface area contributed by atoms with E-state index in [-0.39, 0.29) is 17.4 Å². The molecular formula is C14H18N4O2. The fraction of sp³-hybridized carbons (Fsp3) is 0.429. The molecule has 1 saturated heterocycles. The first-order chi connectivity index (χ1) is 9.64. The van der Waals surface area contributed by atoms with Gasteiger partial charge in [0.2, 0.25) is 5.91 Å². The molecule has 20 heavy (non-hydrogen) atoms. The molecule has 3 rings (SSSR count). The van der Waals surface area contributed by atoms with Crippen LogP contribution in [0.2, 0.25) is 0 Å². The van der Waals surface area contributed by atoms with Crippen LogP contribution in [0.25, 0.3) is 0 Å². The molecular weight excluding hydrogens is 256 g/mol. The van der Waals surface area contributed by atoms with Gasteiger partial charge in [-0.15, -0.1) is 0 Å². The lowest BCUT2D eigenvalue weighted by Crippen LogP contribution is -2.31. The minimum atomic E-state index is -0.354. The molecule has 0 radical (unpaired) electrons. The lowest BCUT2D eigenvalue weighted by molar-refractivity contribution is -0.120. The van der Waals surface area contributed by atoms with Gasteiger partial charge in [0.25, 0.3) is 0 Å². The second kappa shape index (κ2) is 4.79. The minimum Gasteiger partial charge on any atom is -0.336 e. The fourth-order valence-electron chi connectivity index (χ4n) is 2.38. The van der Waals surface area contributed by atoms with Crippen LogP contribution in [0.15, 0.2) is 24.3 Å². The predicted octanol–water partition coefficient (Wildman–Crippen LogP) is 0.894. The topological polar surface area (TPSA) is 87.5 Å². The van der Waals surface area contributed by atoms with E-state index in [4.69, 9.17) is 5.73 Å². The summed E-state index contributed by atoms with van der Waals surface area (Å²) in [5.74, 6) is -0.00772. The molecule has 2 aliphatic rings. The third kappa shape index (κ3) is 2.22. The third-order valence-corrected chi connectivity index (χ3v) is 4.02. The van der Waals surface area contributed by atoms with Crippen LogP contribution in [0.4, 0.5) is 16.2 Å². The fourth-order valence-corrected chi connectivity index (χ4v) is 2.38. The Labute approximate surface area is 117 Å². The summed E-state index contributed by atoms with van der Waals surface area (Å²) in [6.07, 6.45) is 1.72. The Morgan fingerprint density at radius 2 is 2.05 bits per heavy atom. The molecule has 6 heteroatoms. The molecule has 1 aliphatic heterocycles. The average Bonchev–Trinajstić information content (AvgIpc) is 3.16. The second-order valence-corrected chi connectivity index (χ2v) is 5.37. The van der Waals surface area contributed by atoms with E-state index in [0.717, 1.165) is 24.2 Å².